The molecule has 1 aliphatic heterocycles. The van der Waals surface area contributed by atoms with Crippen LogP contribution in [0.1, 0.15) is 17.0 Å². The first-order valence-electron chi connectivity index (χ1n) is 10.9. The lowest BCUT2D eigenvalue weighted by atomic mass is 10.2. The average Bonchev–Trinajstić information content (AvgIpc) is 3.16. The van der Waals surface area contributed by atoms with Crippen molar-refractivity contribution in [1.29, 1.82) is 0 Å². The zero-order valence-electron chi connectivity index (χ0n) is 18.1. The summed E-state index contributed by atoms with van der Waals surface area (Å²) in [6.07, 6.45) is 0. The van der Waals surface area contributed by atoms with Gasteiger partial charge in [0.2, 0.25) is 0 Å². The van der Waals surface area contributed by atoms with Gasteiger partial charge in [-0.2, -0.15) is 0 Å². The third-order valence-corrected chi connectivity index (χ3v) is 5.76. The highest BCUT2D eigenvalue weighted by Crippen LogP contribution is 2.24. The summed E-state index contributed by atoms with van der Waals surface area (Å²) >= 11 is 0. The van der Waals surface area contributed by atoms with Crippen molar-refractivity contribution in [1.82, 2.24) is 14.5 Å². The number of aryl methyl sites for hydroxylation is 1. The topological polar surface area (TPSA) is 59.4 Å². The lowest BCUT2D eigenvalue weighted by Gasteiger charge is -2.27. The Bertz CT molecular complexity index is 1230. The summed E-state index contributed by atoms with van der Waals surface area (Å²) in [5.41, 5.74) is 5.20. The molecule has 1 aromatic heterocycles. The molecule has 5 rings (SSSR count). The van der Waals surface area contributed by atoms with Crippen molar-refractivity contribution >= 4 is 22.6 Å². The Balaban J connectivity index is 1.24. The molecule has 162 valence electrons. The molecular weight excluding hydrogens is 400 g/mol. The Morgan fingerprint density at radius 1 is 1.03 bits per heavy atom. The van der Waals surface area contributed by atoms with Crippen molar-refractivity contribution in [3.8, 4) is 5.75 Å². The van der Waals surface area contributed by atoms with Crippen molar-refractivity contribution in [3.05, 3.63) is 89.7 Å². The number of benzene rings is 3. The molecule has 0 saturated heterocycles. The second kappa shape index (κ2) is 8.85. The number of fused-ring (bicyclic) bond motifs is 3. The molecule has 6 nitrogen and oxygen atoms in total. The highest BCUT2D eigenvalue weighted by Gasteiger charge is 2.20. The van der Waals surface area contributed by atoms with E-state index in [1.165, 1.54) is 5.56 Å². The molecule has 0 saturated carbocycles. The van der Waals surface area contributed by atoms with Gasteiger partial charge in [0.1, 0.15) is 11.6 Å². The first-order chi connectivity index (χ1) is 15.6. The van der Waals surface area contributed by atoms with E-state index in [1.54, 1.807) is 0 Å². The summed E-state index contributed by atoms with van der Waals surface area (Å²) < 4.78 is 7.85. The number of carbonyl (C=O) groups excluding carboxylic acids is 1. The van der Waals surface area contributed by atoms with Crippen molar-refractivity contribution in [2.75, 3.05) is 18.5 Å². The van der Waals surface area contributed by atoms with Gasteiger partial charge in [-0.15, -0.1) is 0 Å². The predicted molar refractivity (Wildman–Crippen MR) is 126 cm³/mol. The van der Waals surface area contributed by atoms with Crippen molar-refractivity contribution in [3.63, 3.8) is 0 Å². The number of anilines is 1. The molecule has 0 atom stereocenters. The molecule has 4 aromatic rings. The van der Waals surface area contributed by atoms with Crippen LogP contribution in [0.2, 0.25) is 0 Å². The molecule has 32 heavy (non-hydrogen) atoms. The van der Waals surface area contributed by atoms with Gasteiger partial charge in [0.25, 0.3) is 5.91 Å². The van der Waals surface area contributed by atoms with Gasteiger partial charge in [0, 0.05) is 25.3 Å². The third kappa shape index (κ3) is 4.50. The Hall–Kier alpha value is -3.64. The van der Waals surface area contributed by atoms with Crippen LogP contribution in [0.15, 0.2) is 72.8 Å². The zero-order valence-corrected chi connectivity index (χ0v) is 18.1. The van der Waals surface area contributed by atoms with Crippen LogP contribution < -0.4 is 10.1 Å². The number of nitrogens with one attached hydrogen (secondary N) is 1. The molecular formula is C26H26N4O2. The summed E-state index contributed by atoms with van der Waals surface area (Å²) in [7, 11) is 0. The number of imidazole rings is 1. The standard InChI is InChI=1S/C26H26N4O2/c1-19-7-10-22(11-8-19)32-18-26(31)27-21-9-12-24-23(15-21)28-25-17-29(13-14-30(24)25)16-20-5-3-2-4-6-20/h2-12,15H,13-14,16-18H2,1H3,(H,27,31). The molecule has 0 fully saturated rings. The molecule has 0 spiro atoms. The van der Waals surface area contributed by atoms with E-state index < -0.39 is 0 Å². The summed E-state index contributed by atoms with van der Waals surface area (Å²) in [5, 5.41) is 2.91. The number of rotatable bonds is 6. The molecule has 0 aliphatic carbocycles. The highest BCUT2D eigenvalue weighted by atomic mass is 16.5. The van der Waals surface area contributed by atoms with Gasteiger partial charge in [-0.25, -0.2) is 4.98 Å². The first-order valence-corrected chi connectivity index (χ1v) is 10.9. The van der Waals surface area contributed by atoms with Gasteiger partial charge in [-0.1, -0.05) is 48.0 Å². The molecule has 1 amide bonds. The Labute approximate surface area is 187 Å². The maximum atomic E-state index is 12.3. The predicted octanol–water partition coefficient (Wildman–Crippen LogP) is 4.38. The van der Waals surface area contributed by atoms with E-state index in [0.717, 1.165) is 54.3 Å². The number of ether oxygens (including phenoxy) is 1. The highest BCUT2D eigenvalue weighted by molar-refractivity contribution is 5.94. The molecule has 1 aliphatic rings. The lowest BCUT2D eigenvalue weighted by Crippen LogP contribution is -2.33. The minimum absolute atomic E-state index is 0.0325. The van der Waals surface area contributed by atoms with E-state index in [4.69, 9.17) is 9.72 Å². The first kappa shape index (κ1) is 20.3. The smallest absolute Gasteiger partial charge is 0.262 e. The van der Waals surface area contributed by atoms with Gasteiger partial charge in [0.05, 0.1) is 17.6 Å². The van der Waals surface area contributed by atoms with E-state index in [1.807, 2.05) is 55.5 Å². The Morgan fingerprint density at radius 3 is 2.66 bits per heavy atom. The zero-order chi connectivity index (χ0) is 21.9. The van der Waals surface area contributed by atoms with Crippen LogP contribution in [0.3, 0.4) is 0 Å². The number of carbonyl (C=O) groups is 1. The maximum Gasteiger partial charge on any atom is 0.262 e. The summed E-state index contributed by atoms with van der Waals surface area (Å²) in [6, 6.07) is 24.1. The molecule has 2 heterocycles. The van der Waals surface area contributed by atoms with Crippen molar-refractivity contribution < 1.29 is 9.53 Å². The second-order valence-electron chi connectivity index (χ2n) is 8.23. The minimum Gasteiger partial charge on any atom is -0.484 e. The normalized spacial score (nSPS) is 13.7. The van der Waals surface area contributed by atoms with E-state index in [0.29, 0.717) is 5.75 Å². The van der Waals surface area contributed by atoms with E-state index >= 15 is 0 Å². The minimum atomic E-state index is -0.192. The second-order valence-corrected chi connectivity index (χ2v) is 8.23. The van der Waals surface area contributed by atoms with Crippen molar-refractivity contribution in [2.45, 2.75) is 26.6 Å². The lowest BCUT2D eigenvalue weighted by molar-refractivity contribution is -0.118. The van der Waals surface area contributed by atoms with Crippen LogP contribution in [0.25, 0.3) is 11.0 Å². The monoisotopic (exact) mass is 426 g/mol. The molecule has 1 N–H and O–H groups in total. The molecule has 3 aromatic carbocycles. The fourth-order valence-corrected chi connectivity index (χ4v) is 4.11. The molecule has 0 radical (unpaired) electrons. The van der Waals surface area contributed by atoms with E-state index in [2.05, 4.69) is 39.0 Å². The Kier molecular flexibility index (Phi) is 5.60. The molecule has 0 unspecified atom stereocenters. The van der Waals surface area contributed by atoms with Gasteiger partial charge in [0.15, 0.2) is 6.61 Å². The largest absolute Gasteiger partial charge is 0.484 e. The summed E-state index contributed by atoms with van der Waals surface area (Å²) in [5.74, 6) is 1.55. The van der Waals surface area contributed by atoms with E-state index in [9.17, 15) is 4.79 Å². The Morgan fingerprint density at radius 2 is 1.84 bits per heavy atom. The third-order valence-electron chi connectivity index (χ3n) is 5.76. The van der Waals surface area contributed by atoms with Gasteiger partial charge in [-0.05, 0) is 42.8 Å². The molecule has 0 bridgehead atoms. The number of hydrogen-bond donors (Lipinski definition) is 1. The van der Waals surface area contributed by atoms with Gasteiger partial charge >= 0.3 is 0 Å². The van der Waals surface area contributed by atoms with Crippen LogP contribution in [-0.2, 0) is 24.4 Å². The van der Waals surface area contributed by atoms with Crippen LogP contribution in [0, 0.1) is 6.92 Å². The SMILES string of the molecule is Cc1ccc(OCC(=O)Nc2ccc3c(c2)nc2n3CCN(Cc3ccccc3)C2)cc1. The van der Waals surface area contributed by atoms with Gasteiger partial charge in [-0.3, -0.25) is 9.69 Å². The number of nitrogens with zero attached hydrogens (tertiary/aromatic N) is 3. The number of amides is 1. The van der Waals surface area contributed by atoms with Crippen LogP contribution in [0.4, 0.5) is 5.69 Å². The fourth-order valence-electron chi connectivity index (χ4n) is 4.11. The fraction of sp³-hybridized carbons (Fsp3) is 0.231. The van der Waals surface area contributed by atoms with Gasteiger partial charge < -0.3 is 14.6 Å². The van der Waals surface area contributed by atoms with Crippen LogP contribution in [0.5, 0.6) is 5.75 Å². The summed E-state index contributed by atoms with van der Waals surface area (Å²) in [6.45, 7) is 5.62. The van der Waals surface area contributed by atoms with Crippen LogP contribution >= 0.6 is 0 Å². The summed E-state index contributed by atoms with van der Waals surface area (Å²) in [4.78, 5) is 19.6. The number of hydrogen-bond acceptors (Lipinski definition) is 4. The quantitative estimate of drug-likeness (QED) is 0.497. The van der Waals surface area contributed by atoms with E-state index in [-0.39, 0.29) is 12.5 Å². The average molecular weight is 427 g/mol. The number of aromatic nitrogens is 2. The molecule has 6 heteroatoms. The van der Waals surface area contributed by atoms with Crippen LogP contribution in [-0.4, -0.2) is 33.5 Å². The van der Waals surface area contributed by atoms with Crippen molar-refractivity contribution in [2.24, 2.45) is 0 Å². The maximum absolute atomic E-state index is 12.3.